The fourth-order valence-electron chi connectivity index (χ4n) is 1.70. The zero-order valence-electron chi connectivity index (χ0n) is 9.49. The molecule has 2 aromatic carbocycles. The van der Waals surface area contributed by atoms with Crippen molar-refractivity contribution in [3.8, 4) is 5.75 Å². The van der Waals surface area contributed by atoms with Crippen molar-refractivity contribution in [2.24, 2.45) is 0 Å². The monoisotopic (exact) mass is 214 g/mol. The molecule has 2 nitrogen and oxygen atoms in total. The predicted octanol–water partition coefficient (Wildman–Crippen LogP) is 3.93. The number of hydrogen-bond donors (Lipinski definition) is 0. The molecule has 2 aromatic rings. The zero-order chi connectivity index (χ0) is 11.4. The fourth-order valence-corrected chi connectivity index (χ4v) is 1.70. The first-order chi connectivity index (χ1) is 7.83. The maximum Gasteiger partial charge on any atom is 0.144 e. The Morgan fingerprint density at radius 3 is 2.75 bits per heavy atom. The van der Waals surface area contributed by atoms with E-state index in [0.29, 0.717) is 18.0 Å². The molecule has 83 valence electrons. The molecular formula is C14H16NO. The highest BCUT2D eigenvalue weighted by molar-refractivity contribution is 5.94. The summed E-state index contributed by atoms with van der Waals surface area (Å²) in [6, 6.07) is 11.8. The number of hydrogen-bond acceptors (Lipinski definition) is 1. The van der Waals surface area contributed by atoms with Crippen molar-refractivity contribution in [3.63, 3.8) is 0 Å². The summed E-state index contributed by atoms with van der Waals surface area (Å²) in [5.74, 6) is 0.687. The second kappa shape index (κ2) is 4.88. The Kier molecular flexibility index (Phi) is 3.30. The summed E-state index contributed by atoms with van der Waals surface area (Å²) < 4.78 is 5.60. The summed E-state index contributed by atoms with van der Waals surface area (Å²) in [6.07, 6.45) is 2.15. The van der Waals surface area contributed by atoms with Gasteiger partial charge in [-0.05, 0) is 17.9 Å². The average molecular weight is 214 g/mol. The predicted molar refractivity (Wildman–Crippen MR) is 67.1 cm³/mol. The standard InChI is InChI=1S/C14H16NO/c1-2-3-10-16-13-9-8-11-6-4-5-7-12(11)14(13)15/h4-9,15H,2-3,10H2,1H3. The molecule has 0 spiro atoms. The highest BCUT2D eigenvalue weighted by Crippen LogP contribution is 2.31. The Balaban J connectivity index is 2.29. The van der Waals surface area contributed by atoms with Gasteiger partial charge in [-0.1, -0.05) is 43.7 Å². The molecule has 0 heterocycles. The van der Waals surface area contributed by atoms with Crippen molar-refractivity contribution in [1.82, 2.24) is 5.73 Å². The molecule has 0 atom stereocenters. The second-order valence-corrected chi connectivity index (χ2v) is 3.86. The van der Waals surface area contributed by atoms with E-state index in [9.17, 15) is 0 Å². The Hall–Kier alpha value is -1.70. The Morgan fingerprint density at radius 2 is 1.94 bits per heavy atom. The van der Waals surface area contributed by atoms with Crippen molar-refractivity contribution in [3.05, 3.63) is 36.4 Å². The molecule has 0 bridgehead atoms. The van der Waals surface area contributed by atoms with E-state index in [1.165, 1.54) is 0 Å². The Labute approximate surface area is 96.0 Å². The molecule has 2 heteroatoms. The van der Waals surface area contributed by atoms with Crippen LogP contribution in [0, 0.1) is 0 Å². The third kappa shape index (κ3) is 2.11. The summed E-state index contributed by atoms with van der Waals surface area (Å²) in [6.45, 7) is 2.83. The molecule has 0 fully saturated rings. The molecule has 0 aliphatic carbocycles. The van der Waals surface area contributed by atoms with Crippen molar-refractivity contribution in [1.29, 1.82) is 0 Å². The number of ether oxygens (including phenoxy) is 1. The number of benzene rings is 2. The van der Waals surface area contributed by atoms with Crippen LogP contribution in [0.25, 0.3) is 10.8 Å². The minimum absolute atomic E-state index is 0.495. The SMILES string of the molecule is CCCCOc1ccc2ccccc2c1[NH]. The van der Waals surface area contributed by atoms with Gasteiger partial charge in [-0.25, -0.2) is 0 Å². The molecule has 0 aliphatic rings. The van der Waals surface area contributed by atoms with Gasteiger partial charge in [-0.3, -0.25) is 5.73 Å². The van der Waals surface area contributed by atoms with E-state index in [1.54, 1.807) is 0 Å². The summed E-state index contributed by atoms with van der Waals surface area (Å²) in [4.78, 5) is 0. The quantitative estimate of drug-likeness (QED) is 0.710. The first-order valence-corrected chi connectivity index (χ1v) is 5.69. The van der Waals surface area contributed by atoms with Crippen LogP contribution in [0.4, 0.5) is 5.69 Å². The van der Waals surface area contributed by atoms with E-state index >= 15 is 0 Å². The van der Waals surface area contributed by atoms with E-state index in [0.717, 1.165) is 23.6 Å². The van der Waals surface area contributed by atoms with Gasteiger partial charge in [0.25, 0.3) is 0 Å². The van der Waals surface area contributed by atoms with Crippen LogP contribution in [-0.4, -0.2) is 6.61 Å². The first-order valence-electron chi connectivity index (χ1n) is 5.69. The summed E-state index contributed by atoms with van der Waals surface area (Å²) >= 11 is 0. The van der Waals surface area contributed by atoms with Gasteiger partial charge in [-0.15, -0.1) is 0 Å². The molecule has 1 N–H and O–H groups in total. The van der Waals surface area contributed by atoms with Gasteiger partial charge in [0.15, 0.2) is 0 Å². The third-order valence-corrected chi connectivity index (χ3v) is 2.65. The Bertz CT molecular complexity index is 479. The molecular weight excluding hydrogens is 198 g/mol. The van der Waals surface area contributed by atoms with Crippen LogP contribution in [0.1, 0.15) is 19.8 Å². The average Bonchev–Trinajstić information content (AvgIpc) is 2.33. The molecule has 0 aromatic heterocycles. The van der Waals surface area contributed by atoms with Crippen LogP contribution in [0.2, 0.25) is 0 Å². The molecule has 0 saturated carbocycles. The van der Waals surface area contributed by atoms with Gasteiger partial charge in [0.1, 0.15) is 11.4 Å². The van der Waals surface area contributed by atoms with Crippen LogP contribution in [0.3, 0.4) is 0 Å². The molecule has 16 heavy (non-hydrogen) atoms. The summed E-state index contributed by atoms with van der Waals surface area (Å²) in [7, 11) is 0. The highest BCUT2D eigenvalue weighted by Gasteiger charge is 2.05. The molecule has 2 rings (SSSR count). The lowest BCUT2D eigenvalue weighted by Crippen LogP contribution is -1.97. The lowest BCUT2D eigenvalue weighted by atomic mass is 10.1. The van der Waals surface area contributed by atoms with Crippen LogP contribution in [0.5, 0.6) is 5.75 Å². The lowest BCUT2D eigenvalue weighted by Gasteiger charge is -2.09. The van der Waals surface area contributed by atoms with Crippen molar-refractivity contribution >= 4 is 16.5 Å². The van der Waals surface area contributed by atoms with Gasteiger partial charge in [0, 0.05) is 5.39 Å². The maximum atomic E-state index is 8.05. The zero-order valence-corrected chi connectivity index (χ0v) is 9.49. The summed E-state index contributed by atoms with van der Waals surface area (Å²) in [5.41, 5.74) is 8.54. The third-order valence-electron chi connectivity index (χ3n) is 2.65. The molecule has 0 aliphatic heterocycles. The van der Waals surface area contributed by atoms with Crippen molar-refractivity contribution in [2.75, 3.05) is 6.61 Å². The van der Waals surface area contributed by atoms with Gasteiger partial charge in [-0.2, -0.15) is 0 Å². The molecule has 0 amide bonds. The van der Waals surface area contributed by atoms with Gasteiger partial charge in [0.2, 0.25) is 0 Å². The number of nitrogens with one attached hydrogen (secondary N) is 1. The molecule has 1 radical (unpaired) electrons. The van der Waals surface area contributed by atoms with Crippen molar-refractivity contribution < 1.29 is 4.74 Å². The van der Waals surface area contributed by atoms with Gasteiger partial charge < -0.3 is 4.74 Å². The van der Waals surface area contributed by atoms with E-state index in [2.05, 4.69) is 6.92 Å². The number of unbranched alkanes of at least 4 members (excludes halogenated alkanes) is 1. The van der Waals surface area contributed by atoms with E-state index in [4.69, 9.17) is 10.5 Å². The van der Waals surface area contributed by atoms with E-state index in [-0.39, 0.29) is 0 Å². The number of fused-ring (bicyclic) bond motifs is 1. The van der Waals surface area contributed by atoms with Crippen LogP contribution >= 0.6 is 0 Å². The highest BCUT2D eigenvalue weighted by atomic mass is 16.5. The molecule has 0 unspecified atom stereocenters. The minimum Gasteiger partial charge on any atom is -0.491 e. The first kappa shape index (κ1) is 10.8. The van der Waals surface area contributed by atoms with E-state index in [1.807, 2.05) is 36.4 Å². The lowest BCUT2D eigenvalue weighted by molar-refractivity contribution is 0.310. The van der Waals surface area contributed by atoms with Crippen LogP contribution in [-0.2, 0) is 0 Å². The fraction of sp³-hybridized carbons (Fsp3) is 0.286. The second-order valence-electron chi connectivity index (χ2n) is 3.86. The van der Waals surface area contributed by atoms with Gasteiger partial charge in [0.05, 0.1) is 6.61 Å². The maximum absolute atomic E-state index is 8.05. The smallest absolute Gasteiger partial charge is 0.144 e. The topological polar surface area (TPSA) is 33.0 Å². The van der Waals surface area contributed by atoms with E-state index < -0.39 is 0 Å². The van der Waals surface area contributed by atoms with Crippen LogP contribution < -0.4 is 10.5 Å². The van der Waals surface area contributed by atoms with Gasteiger partial charge >= 0.3 is 0 Å². The minimum atomic E-state index is 0.495. The largest absolute Gasteiger partial charge is 0.491 e. The summed E-state index contributed by atoms with van der Waals surface area (Å²) in [5, 5.41) is 2.05. The number of rotatable bonds is 4. The van der Waals surface area contributed by atoms with Crippen molar-refractivity contribution in [2.45, 2.75) is 19.8 Å². The van der Waals surface area contributed by atoms with Crippen LogP contribution in [0.15, 0.2) is 36.4 Å². The molecule has 0 saturated heterocycles. The normalized spacial score (nSPS) is 10.6. The Morgan fingerprint density at radius 1 is 1.12 bits per heavy atom.